The lowest BCUT2D eigenvalue weighted by molar-refractivity contribution is 0.498. The van der Waals surface area contributed by atoms with Crippen LogP contribution in [0.25, 0.3) is 0 Å². The predicted molar refractivity (Wildman–Crippen MR) is 205 cm³/mol. The zero-order chi connectivity index (χ0) is 37.3. The summed E-state index contributed by atoms with van der Waals surface area (Å²) in [7, 11) is -13.9. The van der Waals surface area contributed by atoms with Crippen molar-refractivity contribution in [3.05, 3.63) is 36.3 Å². The third-order valence-electron chi connectivity index (χ3n) is 3.36. The van der Waals surface area contributed by atoms with E-state index in [2.05, 4.69) is 108 Å². The first-order valence-corrected chi connectivity index (χ1v) is 32.7. The van der Waals surface area contributed by atoms with E-state index in [0.717, 1.165) is 0 Å². The molecule has 0 spiro atoms. The Labute approximate surface area is 287 Å². The summed E-state index contributed by atoms with van der Waals surface area (Å²) in [6.45, 7) is 33.8. The number of unbranched alkanes of at least 4 members (excludes halogenated alkanes) is 2. The Bertz CT molecular complexity index is 861. The van der Waals surface area contributed by atoms with Gasteiger partial charge in [-0.15, -0.1) is 63.9 Å². The zero-order valence-corrected chi connectivity index (χ0v) is 37.2. The fourth-order valence-electron chi connectivity index (χ4n) is 1.02. The molecule has 0 fully saturated rings. The van der Waals surface area contributed by atoms with Gasteiger partial charge in [0.2, 0.25) is 0 Å². The van der Waals surface area contributed by atoms with Gasteiger partial charge in [-0.1, -0.05) is 109 Å². The van der Waals surface area contributed by atoms with Crippen molar-refractivity contribution in [3.8, 4) is 35.4 Å². The van der Waals surface area contributed by atoms with Crippen molar-refractivity contribution in [3.63, 3.8) is 0 Å². The van der Waals surface area contributed by atoms with Crippen LogP contribution in [-0.2, 0) is 0 Å². The van der Waals surface area contributed by atoms with Crippen LogP contribution >= 0.6 is 33.2 Å². The summed E-state index contributed by atoms with van der Waals surface area (Å²) >= 11 is 15.5. The molecule has 0 aromatic carbocycles. The second-order valence-corrected chi connectivity index (χ2v) is 39.1. The molecule has 0 aliphatic carbocycles. The van der Waals surface area contributed by atoms with E-state index in [-0.39, 0.29) is 5.70 Å². The van der Waals surface area contributed by atoms with E-state index < -0.39 is 53.8 Å². The molecule has 0 saturated heterocycles. The van der Waals surface area contributed by atoms with Crippen molar-refractivity contribution in [1.29, 1.82) is 0 Å². The number of hydrogen-bond donors (Lipinski definition) is 0. The molecule has 0 heterocycles. The maximum atomic E-state index is 11.6. The summed E-state index contributed by atoms with van der Waals surface area (Å²) < 4.78 is 67.1. The average Bonchev–Trinajstić information content (AvgIpc) is 2.79. The van der Waals surface area contributed by atoms with Gasteiger partial charge in [0.15, 0.2) is 0 Å². The Hall–Kier alpha value is -0.349. The SMILES string of the molecule is C#C[Si](C)(C)C.C#C[Si](Cl)(Cl)Cl.C=C[Si](C)(C)C.C=C[Si](F)(F)F.CC(C)(C)C#C[Si](F)(F)F.CCCCC=C[Si](C)(C)C. The maximum absolute atomic E-state index is 11.6. The van der Waals surface area contributed by atoms with Crippen LogP contribution in [0.3, 0.4) is 0 Å². The van der Waals surface area contributed by atoms with Gasteiger partial charge < -0.3 is 0 Å². The number of hydrogen-bond acceptors (Lipinski definition) is 0. The van der Waals surface area contributed by atoms with Crippen LogP contribution in [0, 0.1) is 40.8 Å². The minimum absolute atomic E-state index is 0.0764. The fourth-order valence-corrected chi connectivity index (χ4v) is 2.41. The van der Waals surface area contributed by atoms with Crippen molar-refractivity contribution >= 4 is 81.6 Å². The highest BCUT2D eigenvalue weighted by atomic mass is 35.8. The Morgan fingerprint density at radius 3 is 1.16 bits per heavy atom. The summed E-state index contributed by atoms with van der Waals surface area (Å²) in [5, 5.41) is 0. The summed E-state index contributed by atoms with van der Waals surface area (Å²) in [5.41, 5.74) is 10.2. The summed E-state index contributed by atoms with van der Waals surface area (Å²) in [4.78, 5) is 0. The van der Waals surface area contributed by atoms with Gasteiger partial charge >= 0.3 is 24.2 Å². The van der Waals surface area contributed by atoms with E-state index in [1.807, 2.05) is 5.54 Å². The molecule has 0 nitrogen and oxygen atoms in total. The van der Waals surface area contributed by atoms with Crippen molar-refractivity contribution < 1.29 is 24.6 Å². The molecule has 0 saturated carbocycles. The van der Waals surface area contributed by atoms with Crippen LogP contribution in [0.15, 0.2) is 36.3 Å². The maximum Gasteiger partial charge on any atom is 0.709 e. The van der Waals surface area contributed by atoms with Crippen LogP contribution in [0.1, 0.15) is 47.0 Å². The van der Waals surface area contributed by atoms with E-state index in [4.69, 9.17) is 46.1 Å². The van der Waals surface area contributed by atoms with E-state index in [0.29, 0.717) is 0 Å². The van der Waals surface area contributed by atoms with Crippen LogP contribution in [0.2, 0.25) is 58.9 Å². The number of terminal acetylenes is 2. The smallest absolute Gasteiger partial charge is 0.234 e. The largest absolute Gasteiger partial charge is 0.709 e. The normalized spacial score (nSPS) is 11.5. The molecule has 0 radical (unpaired) electrons. The lowest BCUT2D eigenvalue weighted by atomic mass is 9.99. The average molecular weight is 793 g/mol. The first-order chi connectivity index (χ1) is 19.0. The topological polar surface area (TPSA) is 0 Å². The van der Waals surface area contributed by atoms with Gasteiger partial charge in [-0.2, -0.15) is 0 Å². The summed E-state index contributed by atoms with van der Waals surface area (Å²) in [5.74, 6) is 2.15. The molecule has 0 unspecified atom stereocenters. The Morgan fingerprint density at radius 2 is 1.05 bits per heavy atom. The Balaban J connectivity index is -0.000000100. The fraction of sp³-hybridized carbons (Fsp3) is 0.586. The summed E-state index contributed by atoms with van der Waals surface area (Å²) in [6, 6.07) is -2.69. The summed E-state index contributed by atoms with van der Waals surface area (Å²) in [6.07, 6.45) is 16.1. The number of allylic oxidation sites excluding steroid dienone is 1. The van der Waals surface area contributed by atoms with Crippen LogP contribution in [0.5, 0.6) is 0 Å². The molecule has 44 heavy (non-hydrogen) atoms. The molecule has 0 aliphatic rings. The molecule has 0 N–H and O–H groups in total. The van der Waals surface area contributed by atoms with Gasteiger partial charge in [0.1, 0.15) is 8.07 Å². The van der Waals surface area contributed by atoms with Crippen LogP contribution in [0.4, 0.5) is 24.6 Å². The molecule has 0 atom stereocenters. The molecule has 0 aromatic rings. The molecule has 0 rings (SSSR count). The minimum atomic E-state index is -5.63. The van der Waals surface area contributed by atoms with E-state index in [1.165, 1.54) is 24.8 Å². The highest BCUT2D eigenvalue weighted by molar-refractivity contribution is 7.67. The molecular weight excluding hydrogens is 737 g/mol. The monoisotopic (exact) mass is 790 g/mol. The lowest BCUT2D eigenvalue weighted by Gasteiger charge is -2.07. The van der Waals surface area contributed by atoms with Crippen molar-refractivity contribution in [2.45, 2.75) is 106 Å². The zero-order valence-electron chi connectivity index (χ0n) is 28.9. The van der Waals surface area contributed by atoms with Crippen molar-refractivity contribution in [2.75, 3.05) is 0 Å². The molecular formula is C29H55Cl3F6Si6. The Morgan fingerprint density at radius 1 is 0.727 bits per heavy atom. The van der Waals surface area contributed by atoms with E-state index in [9.17, 15) is 24.6 Å². The van der Waals surface area contributed by atoms with Gasteiger partial charge in [-0.05, 0) is 38.4 Å². The molecule has 258 valence electrons. The standard InChI is InChI=1S/C9H20Si.C6H9F3Si.C5H12Si.C5H10Si.C2HCl3Si.C2H3F3Si/c1-5-6-7-8-9-10(2,3)4;1-6(2,3)4-5-10(7,8)9;2*1-5-6(2,3)4;2*1-2-6(3,4)5/h8-9H,5-7H2,1-4H3;1-3H3;5H,1H2,2-4H3;1H,2-4H3;1H;2H,1H2. The number of rotatable bonds is 6. The molecule has 15 heteroatoms. The first-order valence-electron chi connectivity index (χ1n) is 13.7. The van der Waals surface area contributed by atoms with Crippen LogP contribution in [-0.4, -0.2) is 48.4 Å². The predicted octanol–water partition coefficient (Wildman–Crippen LogP) is 13.0. The Kier molecular flexibility index (Phi) is 34.0. The van der Waals surface area contributed by atoms with Crippen molar-refractivity contribution in [1.82, 2.24) is 0 Å². The van der Waals surface area contributed by atoms with E-state index in [1.54, 1.807) is 20.8 Å². The second-order valence-electron chi connectivity index (χ2n) is 13.3. The quantitative estimate of drug-likeness (QED) is 0.0826. The van der Waals surface area contributed by atoms with Gasteiger partial charge in [0.05, 0.1) is 16.1 Å². The van der Waals surface area contributed by atoms with Gasteiger partial charge in [0.25, 0.3) is 0 Å². The van der Waals surface area contributed by atoms with Gasteiger partial charge in [-0.25, -0.2) is 24.6 Å². The van der Waals surface area contributed by atoms with Crippen LogP contribution < -0.4 is 0 Å². The second kappa shape index (κ2) is 26.7. The first kappa shape index (κ1) is 56.0. The molecule has 0 aliphatic heterocycles. The minimum Gasteiger partial charge on any atom is -0.234 e. The third kappa shape index (κ3) is 105. The van der Waals surface area contributed by atoms with E-state index >= 15 is 0 Å². The molecule has 0 amide bonds. The third-order valence-corrected chi connectivity index (χ3v) is 8.87. The highest BCUT2D eigenvalue weighted by Gasteiger charge is 2.35. The molecule has 0 aromatic heterocycles. The van der Waals surface area contributed by atoms with Gasteiger partial charge in [-0.3, -0.25) is 0 Å². The lowest BCUT2D eigenvalue weighted by Crippen LogP contribution is -2.15. The highest BCUT2D eigenvalue weighted by Crippen LogP contribution is 2.16. The van der Waals surface area contributed by atoms with Gasteiger partial charge in [0, 0.05) is 5.41 Å². The van der Waals surface area contributed by atoms with Crippen molar-refractivity contribution in [2.24, 2.45) is 5.41 Å². The number of halogens is 9. The molecule has 0 bridgehead atoms.